The molecule has 1 aliphatic rings. The molecule has 1 aliphatic heterocycles. The normalized spacial score (nSPS) is 16.5. The summed E-state index contributed by atoms with van der Waals surface area (Å²) < 4.78 is 0. The Morgan fingerprint density at radius 2 is 2.18 bits per heavy atom. The zero-order chi connectivity index (χ0) is 15.5. The minimum atomic E-state index is -0.0700. The maximum Gasteiger partial charge on any atom is 0.277 e. The fourth-order valence-electron chi connectivity index (χ4n) is 2.80. The molecule has 3 rings (SSSR count). The van der Waals surface area contributed by atoms with E-state index in [1.165, 1.54) is 5.56 Å². The van der Waals surface area contributed by atoms with Gasteiger partial charge in [-0.05, 0) is 37.5 Å². The molecule has 0 aliphatic carbocycles. The molecule has 0 bridgehead atoms. The first-order valence-corrected chi connectivity index (χ1v) is 7.69. The molecule has 1 amide bonds. The molecule has 1 unspecified atom stereocenters. The molecular weight excluding hydrogens is 276 g/mol. The van der Waals surface area contributed by atoms with Crippen molar-refractivity contribution in [3.63, 3.8) is 0 Å². The van der Waals surface area contributed by atoms with Gasteiger partial charge in [-0.2, -0.15) is 0 Å². The molecule has 114 valence electrons. The van der Waals surface area contributed by atoms with E-state index in [1.54, 1.807) is 12.3 Å². The summed E-state index contributed by atoms with van der Waals surface area (Å²) in [6.07, 6.45) is 3.50. The number of carbonyl (C=O) groups excluding carboxylic acids is 1. The molecule has 5 nitrogen and oxygen atoms in total. The molecule has 1 aromatic heterocycles. The predicted octanol–water partition coefficient (Wildman–Crippen LogP) is 2.89. The number of hydrogen-bond acceptors (Lipinski definition) is 4. The van der Waals surface area contributed by atoms with Crippen molar-refractivity contribution in [2.24, 2.45) is 0 Å². The lowest BCUT2D eigenvalue weighted by Crippen LogP contribution is -2.36. The van der Waals surface area contributed by atoms with Crippen LogP contribution in [0.2, 0.25) is 0 Å². The highest BCUT2D eigenvalue weighted by atomic mass is 16.2. The maximum atomic E-state index is 12.9. The molecule has 1 aromatic carbocycles. The van der Waals surface area contributed by atoms with Gasteiger partial charge in [-0.25, -0.2) is 9.97 Å². The lowest BCUT2D eigenvalue weighted by Gasteiger charge is -2.22. The number of rotatable bonds is 4. The van der Waals surface area contributed by atoms with Crippen LogP contribution in [0.5, 0.6) is 0 Å². The molecule has 1 N–H and O–H groups in total. The minimum Gasteiger partial charge on any atom is -0.354 e. The Kier molecular flexibility index (Phi) is 4.04. The summed E-state index contributed by atoms with van der Waals surface area (Å²) in [7, 11) is 0. The van der Waals surface area contributed by atoms with Crippen LogP contribution in [0, 0.1) is 0 Å². The Hall–Kier alpha value is -2.43. The number of nitrogens with one attached hydrogen (secondary N) is 1. The largest absolute Gasteiger partial charge is 0.354 e. The van der Waals surface area contributed by atoms with Gasteiger partial charge in [0.1, 0.15) is 5.69 Å². The standard InChI is InChI=1S/C17H20N4O/c1-3-9-18-17-19-10-8-14(20-17)16(22)21-12(2)11-13-6-4-5-7-15(13)21/h4-8,10,12H,3,9,11H2,1-2H3,(H,18,19,20). The summed E-state index contributed by atoms with van der Waals surface area (Å²) >= 11 is 0. The van der Waals surface area contributed by atoms with Gasteiger partial charge < -0.3 is 10.2 Å². The molecule has 22 heavy (non-hydrogen) atoms. The van der Waals surface area contributed by atoms with E-state index in [0.717, 1.165) is 25.1 Å². The fourth-order valence-corrected chi connectivity index (χ4v) is 2.80. The molecule has 0 fully saturated rings. The monoisotopic (exact) mass is 296 g/mol. The SMILES string of the molecule is CCCNc1nccc(C(=O)N2c3ccccc3CC2C)n1. The number of nitrogens with zero attached hydrogens (tertiary/aromatic N) is 3. The first kappa shape index (κ1) is 14.5. The Bertz CT molecular complexity index is 686. The third-order valence-electron chi connectivity index (χ3n) is 3.83. The third kappa shape index (κ3) is 2.66. The van der Waals surface area contributed by atoms with Gasteiger partial charge in [0.05, 0.1) is 0 Å². The van der Waals surface area contributed by atoms with Crippen molar-refractivity contribution in [1.29, 1.82) is 0 Å². The van der Waals surface area contributed by atoms with Crippen LogP contribution in [0.15, 0.2) is 36.5 Å². The van der Waals surface area contributed by atoms with Crippen molar-refractivity contribution in [2.75, 3.05) is 16.8 Å². The lowest BCUT2D eigenvalue weighted by molar-refractivity contribution is 0.0976. The highest BCUT2D eigenvalue weighted by Crippen LogP contribution is 2.32. The van der Waals surface area contributed by atoms with E-state index in [9.17, 15) is 4.79 Å². The fraction of sp³-hybridized carbons (Fsp3) is 0.353. The molecule has 2 heterocycles. The van der Waals surface area contributed by atoms with Crippen LogP contribution in [0.1, 0.15) is 36.3 Å². The Labute approximate surface area is 130 Å². The van der Waals surface area contributed by atoms with Crippen LogP contribution in [0.3, 0.4) is 0 Å². The molecule has 2 aromatic rings. The summed E-state index contributed by atoms with van der Waals surface area (Å²) in [6.45, 7) is 4.93. The second-order valence-electron chi connectivity index (χ2n) is 5.55. The van der Waals surface area contributed by atoms with Crippen LogP contribution in [0.25, 0.3) is 0 Å². The van der Waals surface area contributed by atoms with Gasteiger partial charge in [0, 0.05) is 24.5 Å². The number of fused-ring (bicyclic) bond motifs is 1. The van der Waals surface area contributed by atoms with Gasteiger partial charge in [0.2, 0.25) is 5.95 Å². The zero-order valence-electron chi connectivity index (χ0n) is 12.9. The second kappa shape index (κ2) is 6.13. The quantitative estimate of drug-likeness (QED) is 0.942. The Balaban J connectivity index is 1.88. The van der Waals surface area contributed by atoms with Crippen molar-refractivity contribution in [2.45, 2.75) is 32.7 Å². The summed E-state index contributed by atoms with van der Waals surface area (Å²) in [5.41, 5.74) is 2.63. The predicted molar refractivity (Wildman–Crippen MR) is 87.2 cm³/mol. The summed E-state index contributed by atoms with van der Waals surface area (Å²) in [4.78, 5) is 23.2. The third-order valence-corrected chi connectivity index (χ3v) is 3.83. The van der Waals surface area contributed by atoms with Crippen molar-refractivity contribution in [3.05, 3.63) is 47.8 Å². The molecule has 0 saturated carbocycles. The molecule has 5 heteroatoms. The first-order chi connectivity index (χ1) is 10.7. The van der Waals surface area contributed by atoms with Crippen LogP contribution >= 0.6 is 0 Å². The molecule has 1 atom stereocenters. The van der Waals surface area contributed by atoms with E-state index in [0.29, 0.717) is 11.6 Å². The summed E-state index contributed by atoms with van der Waals surface area (Å²) in [6, 6.07) is 9.86. The topological polar surface area (TPSA) is 58.1 Å². The zero-order valence-corrected chi connectivity index (χ0v) is 12.9. The molecule has 0 saturated heterocycles. The number of benzene rings is 1. The smallest absolute Gasteiger partial charge is 0.277 e. The highest BCUT2D eigenvalue weighted by molar-refractivity contribution is 6.06. The van der Waals surface area contributed by atoms with Gasteiger partial charge in [-0.1, -0.05) is 25.1 Å². The minimum absolute atomic E-state index is 0.0700. The maximum absolute atomic E-state index is 12.9. The van der Waals surface area contributed by atoms with E-state index in [-0.39, 0.29) is 11.9 Å². The number of carbonyl (C=O) groups is 1. The van der Waals surface area contributed by atoms with Gasteiger partial charge in [-0.3, -0.25) is 4.79 Å². The van der Waals surface area contributed by atoms with Crippen molar-refractivity contribution >= 4 is 17.5 Å². The van der Waals surface area contributed by atoms with E-state index in [2.05, 4.69) is 35.2 Å². The van der Waals surface area contributed by atoms with Crippen LogP contribution in [0.4, 0.5) is 11.6 Å². The molecule has 0 spiro atoms. The van der Waals surface area contributed by atoms with Gasteiger partial charge >= 0.3 is 0 Å². The number of anilines is 2. The van der Waals surface area contributed by atoms with Crippen molar-refractivity contribution < 1.29 is 4.79 Å². The van der Waals surface area contributed by atoms with E-state index in [1.807, 2.05) is 23.1 Å². The van der Waals surface area contributed by atoms with Crippen LogP contribution in [-0.2, 0) is 6.42 Å². The van der Waals surface area contributed by atoms with Crippen LogP contribution < -0.4 is 10.2 Å². The Morgan fingerprint density at radius 1 is 1.36 bits per heavy atom. The van der Waals surface area contributed by atoms with Gasteiger partial charge in [0.25, 0.3) is 5.91 Å². The van der Waals surface area contributed by atoms with Crippen molar-refractivity contribution in [1.82, 2.24) is 9.97 Å². The van der Waals surface area contributed by atoms with Crippen molar-refractivity contribution in [3.8, 4) is 0 Å². The lowest BCUT2D eigenvalue weighted by atomic mass is 10.1. The summed E-state index contributed by atoms with van der Waals surface area (Å²) in [5, 5.41) is 3.12. The highest BCUT2D eigenvalue weighted by Gasteiger charge is 2.31. The average Bonchev–Trinajstić information content (AvgIpc) is 2.88. The van der Waals surface area contributed by atoms with E-state index < -0.39 is 0 Å². The van der Waals surface area contributed by atoms with Gasteiger partial charge in [-0.15, -0.1) is 0 Å². The molecular formula is C17H20N4O. The summed E-state index contributed by atoms with van der Waals surface area (Å²) in [5.74, 6) is 0.437. The second-order valence-corrected chi connectivity index (χ2v) is 5.55. The Morgan fingerprint density at radius 3 is 3.00 bits per heavy atom. The van der Waals surface area contributed by atoms with E-state index >= 15 is 0 Å². The number of hydrogen-bond donors (Lipinski definition) is 1. The number of para-hydroxylation sites is 1. The first-order valence-electron chi connectivity index (χ1n) is 7.69. The van der Waals surface area contributed by atoms with Gasteiger partial charge in [0.15, 0.2) is 0 Å². The number of amides is 1. The average molecular weight is 296 g/mol. The van der Waals surface area contributed by atoms with Crippen LogP contribution in [-0.4, -0.2) is 28.5 Å². The molecule has 0 radical (unpaired) electrons. The van der Waals surface area contributed by atoms with E-state index in [4.69, 9.17) is 0 Å². The number of aromatic nitrogens is 2.